The van der Waals surface area contributed by atoms with Crippen molar-refractivity contribution in [3.8, 4) is 0 Å². The highest BCUT2D eigenvalue weighted by atomic mass is 16.4. The SMILES string of the molecule is CC(C)CCN(C(=O)N(C)C(C)C(=O)O)C1CCCC1. The van der Waals surface area contributed by atoms with Crippen molar-refractivity contribution in [3.05, 3.63) is 0 Å². The van der Waals surface area contributed by atoms with Gasteiger partial charge in [-0.1, -0.05) is 26.7 Å². The number of likely N-dealkylation sites (N-methyl/N-ethyl adjacent to an activating group) is 1. The Morgan fingerprint density at radius 1 is 1.20 bits per heavy atom. The van der Waals surface area contributed by atoms with Crippen LogP contribution in [0.3, 0.4) is 0 Å². The van der Waals surface area contributed by atoms with E-state index < -0.39 is 12.0 Å². The van der Waals surface area contributed by atoms with Crippen LogP contribution in [0.4, 0.5) is 4.79 Å². The highest BCUT2D eigenvalue weighted by molar-refractivity contribution is 5.82. The second kappa shape index (κ2) is 7.50. The van der Waals surface area contributed by atoms with E-state index in [2.05, 4.69) is 13.8 Å². The normalized spacial score (nSPS) is 17.2. The summed E-state index contributed by atoms with van der Waals surface area (Å²) in [7, 11) is 1.58. The molecule has 0 spiro atoms. The molecule has 1 rings (SSSR count). The standard InChI is InChI=1S/C15H28N2O3/c1-11(2)9-10-17(13-7-5-6-8-13)15(20)16(4)12(3)14(18)19/h11-13H,5-10H2,1-4H3,(H,18,19). The second-order valence-electron chi connectivity index (χ2n) is 6.22. The number of amides is 2. The van der Waals surface area contributed by atoms with Gasteiger partial charge in [0, 0.05) is 19.6 Å². The lowest BCUT2D eigenvalue weighted by molar-refractivity contribution is -0.141. The number of carboxylic acids is 1. The summed E-state index contributed by atoms with van der Waals surface area (Å²) < 4.78 is 0. The summed E-state index contributed by atoms with van der Waals surface area (Å²) in [5.41, 5.74) is 0. The van der Waals surface area contributed by atoms with Crippen molar-refractivity contribution in [3.63, 3.8) is 0 Å². The molecule has 1 atom stereocenters. The molecule has 1 aliphatic rings. The van der Waals surface area contributed by atoms with Crippen LogP contribution >= 0.6 is 0 Å². The molecule has 0 aliphatic heterocycles. The third kappa shape index (κ3) is 4.39. The smallest absolute Gasteiger partial charge is 0.326 e. The predicted octanol–water partition coefficient (Wildman–Crippen LogP) is 2.80. The van der Waals surface area contributed by atoms with E-state index >= 15 is 0 Å². The molecule has 1 unspecified atom stereocenters. The van der Waals surface area contributed by atoms with Gasteiger partial charge in [0.05, 0.1) is 0 Å². The summed E-state index contributed by atoms with van der Waals surface area (Å²) in [5, 5.41) is 9.05. The number of nitrogens with zero attached hydrogens (tertiary/aromatic N) is 2. The molecule has 0 aromatic rings. The zero-order valence-corrected chi connectivity index (χ0v) is 13.1. The van der Waals surface area contributed by atoms with Gasteiger partial charge in [0.1, 0.15) is 6.04 Å². The van der Waals surface area contributed by atoms with Gasteiger partial charge in [-0.05, 0) is 32.1 Å². The lowest BCUT2D eigenvalue weighted by atomic mass is 10.1. The number of hydrogen-bond acceptors (Lipinski definition) is 2. The van der Waals surface area contributed by atoms with Gasteiger partial charge in [0.2, 0.25) is 0 Å². The molecule has 2 amide bonds. The molecule has 5 heteroatoms. The number of hydrogen-bond donors (Lipinski definition) is 1. The summed E-state index contributed by atoms with van der Waals surface area (Å²) >= 11 is 0. The van der Waals surface area contributed by atoms with Crippen molar-refractivity contribution >= 4 is 12.0 Å². The number of rotatable bonds is 6. The van der Waals surface area contributed by atoms with Gasteiger partial charge in [-0.15, -0.1) is 0 Å². The van der Waals surface area contributed by atoms with E-state index in [4.69, 9.17) is 5.11 Å². The molecule has 1 fully saturated rings. The van der Waals surface area contributed by atoms with E-state index in [1.54, 1.807) is 14.0 Å². The second-order valence-corrected chi connectivity index (χ2v) is 6.22. The largest absolute Gasteiger partial charge is 0.480 e. The van der Waals surface area contributed by atoms with Crippen molar-refractivity contribution < 1.29 is 14.7 Å². The van der Waals surface area contributed by atoms with Crippen LogP contribution in [0.25, 0.3) is 0 Å². The van der Waals surface area contributed by atoms with Gasteiger partial charge in [-0.2, -0.15) is 0 Å². The highest BCUT2D eigenvalue weighted by Gasteiger charge is 2.31. The van der Waals surface area contributed by atoms with Gasteiger partial charge < -0.3 is 14.9 Å². The maximum atomic E-state index is 12.6. The molecule has 1 aliphatic carbocycles. The number of urea groups is 1. The molecule has 0 bridgehead atoms. The van der Waals surface area contributed by atoms with E-state index in [0.29, 0.717) is 5.92 Å². The van der Waals surface area contributed by atoms with Gasteiger partial charge in [-0.3, -0.25) is 0 Å². The summed E-state index contributed by atoms with van der Waals surface area (Å²) in [6, 6.07) is -0.650. The van der Waals surface area contributed by atoms with Crippen LogP contribution in [-0.2, 0) is 4.79 Å². The molecule has 116 valence electrons. The van der Waals surface area contributed by atoms with Crippen LogP contribution in [0.15, 0.2) is 0 Å². The van der Waals surface area contributed by atoms with Crippen LogP contribution in [0.1, 0.15) is 52.9 Å². The molecule has 1 N–H and O–H groups in total. The molecule has 5 nitrogen and oxygen atoms in total. The minimum Gasteiger partial charge on any atom is -0.480 e. The van der Waals surface area contributed by atoms with Crippen LogP contribution in [0, 0.1) is 5.92 Å². The van der Waals surface area contributed by atoms with Crippen LogP contribution < -0.4 is 0 Å². The van der Waals surface area contributed by atoms with Crippen LogP contribution in [0.5, 0.6) is 0 Å². The molecule has 0 radical (unpaired) electrons. The maximum absolute atomic E-state index is 12.6. The van der Waals surface area contributed by atoms with E-state index in [0.717, 1.165) is 38.6 Å². The summed E-state index contributed by atoms with van der Waals surface area (Å²) in [6.45, 7) is 6.55. The minimum atomic E-state index is -0.962. The lowest BCUT2D eigenvalue weighted by Crippen LogP contribution is -2.51. The van der Waals surface area contributed by atoms with Crippen molar-refractivity contribution in [2.24, 2.45) is 5.92 Å². The van der Waals surface area contributed by atoms with Crippen LogP contribution in [-0.4, -0.2) is 52.6 Å². The number of carbonyl (C=O) groups excluding carboxylic acids is 1. The Morgan fingerprint density at radius 3 is 2.20 bits per heavy atom. The van der Waals surface area contributed by atoms with E-state index in [1.807, 2.05) is 4.90 Å². The quantitative estimate of drug-likeness (QED) is 0.816. The first kappa shape index (κ1) is 16.8. The first-order valence-corrected chi connectivity index (χ1v) is 7.60. The lowest BCUT2D eigenvalue weighted by Gasteiger charge is -2.34. The summed E-state index contributed by atoms with van der Waals surface area (Å²) in [4.78, 5) is 26.9. The average Bonchev–Trinajstić information content (AvgIpc) is 2.90. The van der Waals surface area contributed by atoms with E-state index in [9.17, 15) is 9.59 Å². The Labute approximate surface area is 121 Å². The molecule has 0 saturated heterocycles. The molecule has 0 aromatic carbocycles. The fourth-order valence-corrected chi connectivity index (χ4v) is 2.58. The van der Waals surface area contributed by atoms with Gasteiger partial charge in [-0.25, -0.2) is 9.59 Å². The fourth-order valence-electron chi connectivity index (χ4n) is 2.58. The fraction of sp³-hybridized carbons (Fsp3) is 0.867. The van der Waals surface area contributed by atoms with Crippen molar-refractivity contribution in [1.29, 1.82) is 0 Å². The third-order valence-electron chi connectivity index (χ3n) is 4.20. The van der Waals surface area contributed by atoms with Crippen molar-refractivity contribution in [1.82, 2.24) is 9.80 Å². The first-order valence-electron chi connectivity index (χ1n) is 7.60. The van der Waals surface area contributed by atoms with Gasteiger partial charge in [0.15, 0.2) is 0 Å². The Balaban J connectivity index is 2.74. The van der Waals surface area contributed by atoms with Gasteiger partial charge >= 0.3 is 12.0 Å². The molecule has 0 aromatic heterocycles. The number of carbonyl (C=O) groups is 2. The van der Waals surface area contributed by atoms with E-state index in [1.165, 1.54) is 4.90 Å². The van der Waals surface area contributed by atoms with Gasteiger partial charge in [0.25, 0.3) is 0 Å². The Kier molecular flexibility index (Phi) is 6.30. The highest BCUT2D eigenvalue weighted by Crippen LogP contribution is 2.25. The van der Waals surface area contributed by atoms with Crippen molar-refractivity contribution in [2.75, 3.05) is 13.6 Å². The van der Waals surface area contributed by atoms with Crippen LogP contribution in [0.2, 0.25) is 0 Å². The topological polar surface area (TPSA) is 60.9 Å². The molecule has 1 saturated carbocycles. The Morgan fingerprint density at radius 2 is 1.75 bits per heavy atom. The van der Waals surface area contributed by atoms with Crippen molar-refractivity contribution in [2.45, 2.75) is 65.0 Å². The zero-order valence-electron chi connectivity index (χ0n) is 13.1. The maximum Gasteiger partial charge on any atom is 0.326 e. The molecule has 20 heavy (non-hydrogen) atoms. The third-order valence-corrected chi connectivity index (χ3v) is 4.20. The molecular formula is C15H28N2O3. The zero-order chi connectivity index (χ0) is 15.3. The summed E-state index contributed by atoms with van der Waals surface area (Å²) in [5.74, 6) is -0.426. The summed E-state index contributed by atoms with van der Waals surface area (Å²) in [6.07, 6.45) is 5.36. The molecule has 0 heterocycles. The Bertz CT molecular complexity index is 338. The Hall–Kier alpha value is -1.26. The number of aliphatic carboxylic acids is 1. The first-order chi connectivity index (χ1) is 9.34. The predicted molar refractivity (Wildman–Crippen MR) is 78.7 cm³/mol. The monoisotopic (exact) mass is 284 g/mol. The van der Waals surface area contributed by atoms with E-state index in [-0.39, 0.29) is 12.1 Å². The molecular weight excluding hydrogens is 256 g/mol. The number of carboxylic acid groups (broad SMARTS) is 1. The minimum absolute atomic E-state index is 0.146. The average molecular weight is 284 g/mol.